The molecule has 0 radical (unpaired) electrons. The molecular formula is C13H15ClN2OS. The number of halogens is 1. The van der Waals surface area contributed by atoms with Gasteiger partial charge in [0.05, 0.1) is 9.90 Å². The molecule has 3 nitrogen and oxygen atoms in total. The van der Waals surface area contributed by atoms with Crippen molar-refractivity contribution in [3.8, 4) is 0 Å². The Morgan fingerprint density at radius 1 is 1.39 bits per heavy atom. The molecular weight excluding hydrogens is 268 g/mol. The van der Waals surface area contributed by atoms with Gasteiger partial charge in [-0.05, 0) is 23.9 Å². The highest BCUT2D eigenvalue weighted by Gasteiger charge is 2.17. The Morgan fingerprint density at radius 2 is 2.11 bits per heavy atom. The van der Waals surface area contributed by atoms with Crippen molar-refractivity contribution in [3.05, 3.63) is 44.7 Å². The summed E-state index contributed by atoms with van der Waals surface area (Å²) in [5, 5.41) is 12.9. The number of rotatable bonds is 3. The fourth-order valence-electron chi connectivity index (χ4n) is 1.61. The number of aliphatic hydroxyl groups excluding tert-OH is 1. The Bertz CT molecular complexity index is 536. The summed E-state index contributed by atoms with van der Waals surface area (Å²) >= 11 is 7.63. The Morgan fingerprint density at radius 3 is 2.56 bits per heavy atom. The highest BCUT2D eigenvalue weighted by molar-refractivity contribution is 7.10. The van der Waals surface area contributed by atoms with Crippen molar-refractivity contribution in [2.75, 3.05) is 19.0 Å². The molecule has 0 spiro atoms. The van der Waals surface area contributed by atoms with Crippen molar-refractivity contribution < 1.29 is 5.11 Å². The van der Waals surface area contributed by atoms with Crippen LogP contribution in [0.1, 0.15) is 22.1 Å². The van der Waals surface area contributed by atoms with Crippen molar-refractivity contribution in [1.82, 2.24) is 4.98 Å². The number of aryl methyl sites for hydroxylation is 1. The molecule has 2 aromatic heterocycles. The van der Waals surface area contributed by atoms with E-state index >= 15 is 0 Å². The molecule has 2 heterocycles. The van der Waals surface area contributed by atoms with Gasteiger partial charge in [-0.3, -0.25) is 0 Å². The van der Waals surface area contributed by atoms with E-state index in [0.717, 1.165) is 21.8 Å². The number of anilines is 1. The fraction of sp³-hybridized carbons (Fsp3) is 0.308. The Balaban J connectivity index is 2.29. The van der Waals surface area contributed by atoms with E-state index in [1.165, 1.54) is 11.3 Å². The summed E-state index contributed by atoms with van der Waals surface area (Å²) in [6.45, 7) is 1.93. The molecule has 0 aliphatic rings. The Labute approximate surface area is 116 Å². The minimum Gasteiger partial charge on any atom is -0.383 e. The van der Waals surface area contributed by atoms with E-state index in [1.54, 1.807) is 6.20 Å². The van der Waals surface area contributed by atoms with Crippen LogP contribution in [0.5, 0.6) is 0 Å². The molecule has 5 heteroatoms. The van der Waals surface area contributed by atoms with Crippen LogP contribution in [0.15, 0.2) is 23.7 Å². The SMILES string of the molecule is Cc1csc(C(O)c2ccc(N(C)C)nc2)c1Cl. The number of aliphatic hydroxyl groups is 1. The van der Waals surface area contributed by atoms with Gasteiger partial charge < -0.3 is 10.0 Å². The van der Waals surface area contributed by atoms with Crippen molar-refractivity contribution in [1.29, 1.82) is 0 Å². The number of pyridine rings is 1. The number of thiophene rings is 1. The smallest absolute Gasteiger partial charge is 0.127 e. The first-order valence-electron chi connectivity index (χ1n) is 5.55. The van der Waals surface area contributed by atoms with Gasteiger partial charge in [0.15, 0.2) is 0 Å². The maximum absolute atomic E-state index is 10.3. The lowest BCUT2D eigenvalue weighted by Crippen LogP contribution is -2.10. The molecule has 96 valence electrons. The van der Waals surface area contributed by atoms with Crippen LogP contribution in [0, 0.1) is 6.92 Å². The second-order valence-corrected chi connectivity index (χ2v) is 5.63. The van der Waals surface area contributed by atoms with Crippen LogP contribution in [0.3, 0.4) is 0 Å². The Hall–Kier alpha value is -1.10. The van der Waals surface area contributed by atoms with Gasteiger partial charge in [0.25, 0.3) is 0 Å². The molecule has 1 unspecified atom stereocenters. The van der Waals surface area contributed by atoms with Gasteiger partial charge >= 0.3 is 0 Å². The minimum atomic E-state index is -0.708. The summed E-state index contributed by atoms with van der Waals surface area (Å²) in [6, 6.07) is 3.76. The van der Waals surface area contributed by atoms with Gasteiger partial charge in [0.2, 0.25) is 0 Å². The van der Waals surface area contributed by atoms with E-state index in [4.69, 9.17) is 11.6 Å². The third-order valence-electron chi connectivity index (χ3n) is 2.72. The second kappa shape index (κ2) is 5.26. The molecule has 0 aliphatic carbocycles. The zero-order chi connectivity index (χ0) is 13.3. The van der Waals surface area contributed by atoms with Gasteiger partial charge in [-0.1, -0.05) is 17.7 Å². The summed E-state index contributed by atoms with van der Waals surface area (Å²) in [5.41, 5.74) is 1.75. The summed E-state index contributed by atoms with van der Waals surface area (Å²) in [7, 11) is 3.86. The zero-order valence-electron chi connectivity index (χ0n) is 10.5. The average molecular weight is 283 g/mol. The van der Waals surface area contributed by atoms with Crippen LogP contribution < -0.4 is 4.90 Å². The third kappa shape index (κ3) is 2.51. The number of hydrogen-bond donors (Lipinski definition) is 1. The Kier molecular flexibility index (Phi) is 3.90. The first-order chi connectivity index (χ1) is 8.50. The minimum absolute atomic E-state index is 0.643. The largest absolute Gasteiger partial charge is 0.383 e. The maximum atomic E-state index is 10.3. The molecule has 0 fully saturated rings. The molecule has 0 amide bonds. The molecule has 0 saturated carbocycles. The summed E-state index contributed by atoms with van der Waals surface area (Å²) in [6.07, 6.45) is 0.977. The van der Waals surface area contributed by atoms with Crippen molar-refractivity contribution >= 4 is 28.8 Å². The van der Waals surface area contributed by atoms with Crippen LogP contribution in [0.4, 0.5) is 5.82 Å². The van der Waals surface area contributed by atoms with Gasteiger partial charge in [0.1, 0.15) is 11.9 Å². The molecule has 0 saturated heterocycles. The highest BCUT2D eigenvalue weighted by atomic mass is 35.5. The quantitative estimate of drug-likeness (QED) is 0.939. The van der Waals surface area contributed by atoms with Gasteiger partial charge in [-0.2, -0.15) is 0 Å². The predicted molar refractivity (Wildman–Crippen MR) is 76.7 cm³/mol. The van der Waals surface area contributed by atoms with Gasteiger partial charge in [-0.15, -0.1) is 11.3 Å². The molecule has 0 bridgehead atoms. The normalized spacial score (nSPS) is 12.5. The molecule has 18 heavy (non-hydrogen) atoms. The molecule has 1 N–H and O–H groups in total. The van der Waals surface area contributed by atoms with E-state index in [2.05, 4.69) is 4.98 Å². The van der Waals surface area contributed by atoms with E-state index in [0.29, 0.717) is 5.02 Å². The molecule has 2 aromatic rings. The second-order valence-electron chi connectivity index (χ2n) is 4.34. The summed E-state index contributed by atoms with van der Waals surface area (Å²) in [5.74, 6) is 0.861. The maximum Gasteiger partial charge on any atom is 0.127 e. The van der Waals surface area contributed by atoms with Crippen LogP contribution in [-0.4, -0.2) is 24.2 Å². The predicted octanol–water partition coefficient (Wildman–Crippen LogP) is 3.25. The molecule has 2 rings (SSSR count). The highest BCUT2D eigenvalue weighted by Crippen LogP contribution is 2.35. The lowest BCUT2D eigenvalue weighted by molar-refractivity contribution is 0.224. The molecule has 1 atom stereocenters. The summed E-state index contributed by atoms with van der Waals surface area (Å²) < 4.78 is 0. The third-order valence-corrected chi connectivity index (χ3v) is 4.48. The van der Waals surface area contributed by atoms with Crippen molar-refractivity contribution in [2.45, 2.75) is 13.0 Å². The fourth-order valence-corrected chi connectivity index (χ4v) is 2.92. The summed E-state index contributed by atoms with van der Waals surface area (Å²) in [4.78, 5) is 6.98. The number of nitrogens with zero attached hydrogens (tertiary/aromatic N) is 2. The van der Waals surface area contributed by atoms with E-state index < -0.39 is 6.10 Å². The monoisotopic (exact) mass is 282 g/mol. The number of hydrogen-bond acceptors (Lipinski definition) is 4. The van der Waals surface area contributed by atoms with Crippen molar-refractivity contribution in [2.24, 2.45) is 0 Å². The van der Waals surface area contributed by atoms with Gasteiger partial charge in [-0.25, -0.2) is 4.98 Å². The standard InChI is InChI=1S/C13H15ClN2OS/c1-8-7-18-13(11(8)14)12(17)9-4-5-10(15-6-9)16(2)3/h4-7,12,17H,1-3H3. The van der Waals surface area contributed by atoms with E-state index in [9.17, 15) is 5.11 Å². The first-order valence-corrected chi connectivity index (χ1v) is 6.81. The van der Waals surface area contributed by atoms with Gasteiger partial charge in [0, 0.05) is 25.9 Å². The first kappa shape index (κ1) is 13.3. The van der Waals surface area contributed by atoms with Crippen LogP contribution in [-0.2, 0) is 0 Å². The number of aromatic nitrogens is 1. The lowest BCUT2D eigenvalue weighted by Gasteiger charge is -2.13. The van der Waals surface area contributed by atoms with Crippen LogP contribution in [0.25, 0.3) is 0 Å². The van der Waals surface area contributed by atoms with Crippen LogP contribution >= 0.6 is 22.9 Å². The van der Waals surface area contributed by atoms with Crippen LogP contribution in [0.2, 0.25) is 5.02 Å². The molecule has 0 aromatic carbocycles. The molecule has 0 aliphatic heterocycles. The van der Waals surface area contributed by atoms with E-state index in [-0.39, 0.29) is 0 Å². The lowest BCUT2D eigenvalue weighted by atomic mass is 10.1. The average Bonchev–Trinajstić information content (AvgIpc) is 2.69. The zero-order valence-corrected chi connectivity index (χ0v) is 12.1. The van der Waals surface area contributed by atoms with E-state index in [1.807, 2.05) is 43.4 Å². The van der Waals surface area contributed by atoms with Crippen molar-refractivity contribution in [3.63, 3.8) is 0 Å². The topological polar surface area (TPSA) is 36.4 Å².